The molecular weight excluding hydrogens is 791 g/mol. The molecule has 0 radical (unpaired) electrons. The number of quaternary nitrogens is 1. The van der Waals surface area contributed by atoms with Crippen molar-refractivity contribution >= 4 is 17.9 Å². The number of likely N-dealkylation sites (N-methyl/N-ethyl adjacent to an activating group) is 1. The number of nitrogens with zero attached hydrogens (tertiary/aromatic N) is 1. The quantitative estimate of drug-likeness (QED) is 0.0212. The van der Waals surface area contributed by atoms with Crippen molar-refractivity contribution in [3.05, 3.63) is 85.1 Å². The summed E-state index contributed by atoms with van der Waals surface area (Å²) >= 11 is 0. The Bertz CT molecular complexity index is 1300. The third-order valence-corrected chi connectivity index (χ3v) is 10.1. The van der Waals surface area contributed by atoms with E-state index in [0.29, 0.717) is 23.9 Å². The van der Waals surface area contributed by atoms with Crippen LogP contribution in [-0.4, -0.2) is 87.4 Å². The van der Waals surface area contributed by atoms with Crippen molar-refractivity contribution < 1.29 is 42.9 Å². The fraction of sp³-hybridized carbons (Fsp3) is 0.685. The highest BCUT2D eigenvalue weighted by atomic mass is 16.7. The van der Waals surface area contributed by atoms with Crippen LogP contribution in [0.3, 0.4) is 0 Å². The Kier molecular flexibility index (Phi) is 42.5. The zero-order valence-corrected chi connectivity index (χ0v) is 40.7. The smallest absolute Gasteiger partial charge is 0.361 e. The van der Waals surface area contributed by atoms with E-state index in [-0.39, 0.29) is 38.6 Å². The number of unbranched alkanes of at least 4 members (excludes halogenated alkanes) is 15. The lowest BCUT2D eigenvalue weighted by molar-refractivity contribution is -0.870. The fourth-order valence-corrected chi connectivity index (χ4v) is 6.37. The Morgan fingerprint density at radius 3 is 1.29 bits per heavy atom. The van der Waals surface area contributed by atoms with Crippen LogP contribution in [0.2, 0.25) is 0 Å². The van der Waals surface area contributed by atoms with Gasteiger partial charge in [-0.1, -0.05) is 170 Å². The van der Waals surface area contributed by atoms with Gasteiger partial charge in [0.15, 0.2) is 6.10 Å². The van der Waals surface area contributed by atoms with E-state index in [2.05, 4.69) is 98.9 Å². The lowest BCUT2D eigenvalue weighted by Gasteiger charge is -2.25. The molecule has 63 heavy (non-hydrogen) atoms. The molecule has 0 bridgehead atoms. The van der Waals surface area contributed by atoms with E-state index in [0.717, 1.165) is 83.5 Å². The Morgan fingerprint density at radius 2 is 0.857 bits per heavy atom. The normalized spacial score (nSPS) is 13.6. The average Bonchev–Trinajstić information content (AvgIpc) is 3.24. The van der Waals surface area contributed by atoms with Gasteiger partial charge in [-0.3, -0.25) is 9.59 Å². The first-order valence-corrected chi connectivity index (χ1v) is 24.8. The Morgan fingerprint density at radius 1 is 0.476 bits per heavy atom. The first-order valence-electron chi connectivity index (χ1n) is 24.8. The van der Waals surface area contributed by atoms with Gasteiger partial charge in [-0.05, 0) is 83.5 Å². The van der Waals surface area contributed by atoms with Gasteiger partial charge in [0, 0.05) is 12.8 Å². The highest BCUT2D eigenvalue weighted by Gasteiger charge is 2.25. The molecule has 2 unspecified atom stereocenters. The lowest BCUT2D eigenvalue weighted by atomic mass is 10.0. The van der Waals surface area contributed by atoms with Crippen LogP contribution in [0.1, 0.15) is 181 Å². The second kappa shape index (κ2) is 45.1. The molecule has 9 nitrogen and oxygen atoms in total. The SMILES string of the molecule is CC/C=C\C/C=C\C/C=C\C/C=C\CCCCCCCCCCCCCCC(=O)OC(COC(=O)CCCCC/C=C\C/C=C\C/C=C\CC)COC(OCC[N+](C)(C)C)C(=O)O. The summed E-state index contributed by atoms with van der Waals surface area (Å²) in [5, 5.41) is 9.65. The van der Waals surface area contributed by atoms with Gasteiger partial charge in [0.1, 0.15) is 13.2 Å². The van der Waals surface area contributed by atoms with Crippen LogP contribution in [0.5, 0.6) is 0 Å². The summed E-state index contributed by atoms with van der Waals surface area (Å²) in [6.45, 7) is 4.59. The summed E-state index contributed by atoms with van der Waals surface area (Å²) in [5.74, 6) is -2.06. The van der Waals surface area contributed by atoms with Crippen LogP contribution in [0.25, 0.3) is 0 Å². The van der Waals surface area contributed by atoms with E-state index in [1.165, 1.54) is 57.8 Å². The van der Waals surface area contributed by atoms with Crippen LogP contribution >= 0.6 is 0 Å². The number of allylic oxidation sites excluding steroid dienone is 14. The number of carboxylic acid groups (broad SMARTS) is 1. The summed E-state index contributed by atoms with van der Waals surface area (Å²) in [6, 6.07) is 0. The maximum atomic E-state index is 12.8. The molecule has 0 amide bonds. The number of esters is 2. The van der Waals surface area contributed by atoms with Gasteiger partial charge in [0.05, 0.1) is 34.4 Å². The molecular formula is C54H92NO8+. The molecule has 0 fully saturated rings. The highest BCUT2D eigenvalue weighted by molar-refractivity contribution is 5.71. The van der Waals surface area contributed by atoms with Crippen molar-refractivity contribution in [1.82, 2.24) is 0 Å². The second-order valence-electron chi connectivity index (χ2n) is 17.4. The molecule has 1 N–H and O–H groups in total. The number of rotatable bonds is 44. The van der Waals surface area contributed by atoms with Gasteiger partial charge in [0.2, 0.25) is 0 Å². The van der Waals surface area contributed by atoms with Crippen molar-refractivity contribution in [3.8, 4) is 0 Å². The molecule has 0 saturated heterocycles. The molecule has 9 heteroatoms. The van der Waals surface area contributed by atoms with E-state index in [9.17, 15) is 19.5 Å². The topological polar surface area (TPSA) is 108 Å². The molecule has 0 spiro atoms. The summed E-state index contributed by atoms with van der Waals surface area (Å²) in [4.78, 5) is 37.2. The monoisotopic (exact) mass is 883 g/mol. The fourth-order valence-electron chi connectivity index (χ4n) is 6.37. The molecule has 0 aromatic rings. The van der Waals surface area contributed by atoms with Crippen LogP contribution in [0.15, 0.2) is 85.1 Å². The lowest BCUT2D eigenvalue weighted by Crippen LogP contribution is -2.40. The van der Waals surface area contributed by atoms with Crippen LogP contribution in [0, 0.1) is 0 Å². The van der Waals surface area contributed by atoms with Crippen LogP contribution < -0.4 is 0 Å². The molecule has 0 aliphatic rings. The van der Waals surface area contributed by atoms with Crippen molar-refractivity contribution in [2.24, 2.45) is 0 Å². The molecule has 0 aliphatic heterocycles. The minimum atomic E-state index is -1.52. The zero-order chi connectivity index (χ0) is 46.3. The number of carboxylic acids is 1. The predicted octanol–water partition coefficient (Wildman–Crippen LogP) is 13.7. The summed E-state index contributed by atoms with van der Waals surface area (Å²) < 4.78 is 22.7. The van der Waals surface area contributed by atoms with Crippen molar-refractivity contribution in [2.75, 3.05) is 47.5 Å². The van der Waals surface area contributed by atoms with Crippen molar-refractivity contribution in [1.29, 1.82) is 0 Å². The van der Waals surface area contributed by atoms with Gasteiger partial charge in [0.25, 0.3) is 6.29 Å². The second-order valence-corrected chi connectivity index (χ2v) is 17.4. The number of hydrogen-bond acceptors (Lipinski definition) is 7. The average molecular weight is 883 g/mol. The summed E-state index contributed by atoms with van der Waals surface area (Å²) in [7, 11) is 5.94. The predicted molar refractivity (Wildman–Crippen MR) is 262 cm³/mol. The van der Waals surface area contributed by atoms with E-state index >= 15 is 0 Å². The largest absolute Gasteiger partial charge is 0.477 e. The van der Waals surface area contributed by atoms with Crippen molar-refractivity contribution in [3.63, 3.8) is 0 Å². The molecule has 2 atom stereocenters. The summed E-state index contributed by atoms with van der Waals surface area (Å²) in [6.07, 6.45) is 55.1. The zero-order valence-electron chi connectivity index (χ0n) is 40.7. The number of ether oxygens (including phenoxy) is 4. The van der Waals surface area contributed by atoms with E-state index in [4.69, 9.17) is 18.9 Å². The number of hydrogen-bond donors (Lipinski definition) is 1. The van der Waals surface area contributed by atoms with E-state index < -0.39 is 24.3 Å². The summed E-state index contributed by atoms with van der Waals surface area (Å²) in [5.41, 5.74) is 0. The van der Waals surface area contributed by atoms with Gasteiger partial charge >= 0.3 is 17.9 Å². The third kappa shape index (κ3) is 46.3. The number of carbonyl (C=O) groups is 3. The van der Waals surface area contributed by atoms with Gasteiger partial charge in [-0.15, -0.1) is 0 Å². The molecule has 0 heterocycles. The maximum Gasteiger partial charge on any atom is 0.361 e. The van der Waals surface area contributed by atoms with Gasteiger partial charge < -0.3 is 28.5 Å². The number of carbonyl (C=O) groups excluding carboxylic acids is 2. The molecule has 0 aromatic heterocycles. The third-order valence-electron chi connectivity index (χ3n) is 10.1. The van der Waals surface area contributed by atoms with E-state index in [1.807, 2.05) is 21.1 Å². The van der Waals surface area contributed by atoms with Gasteiger partial charge in [-0.25, -0.2) is 4.79 Å². The Balaban J connectivity index is 4.32. The number of aliphatic carboxylic acids is 1. The van der Waals surface area contributed by atoms with E-state index in [1.54, 1.807) is 0 Å². The highest BCUT2D eigenvalue weighted by Crippen LogP contribution is 2.14. The minimum Gasteiger partial charge on any atom is -0.477 e. The van der Waals surface area contributed by atoms with Crippen LogP contribution in [-0.2, 0) is 33.3 Å². The molecule has 0 saturated carbocycles. The first-order chi connectivity index (χ1) is 30.6. The van der Waals surface area contributed by atoms with Crippen molar-refractivity contribution in [2.45, 2.75) is 193 Å². The maximum absolute atomic E-state index is 12.8. The molecule has 0 aliphatic carbocycles. The van der Waals surface area contributed by atoms with Gasteiger partial charge in [-0.2, -0.15) is 0 Å². The molecule has 360 valence electrons. The standard InChI is InChI=1S/C54H91NO8/c1-6-8-10-12-14-16-18-20-21-22-23-24-25-26-27-28-29-30-31-33-35-37-39-41-43-45-52(57)63-50(49-62-54(53(58)59)60-47-46-55(3,4)5)48-61-51(56)44-42-40-38-36-34-32-19-17-15-13-11-9-7-2/h8-11,14-17,20-21,23-24,32,34,50,54H,6-7,12-13,18-19,22,25-31,33,35-49H2,1-5H3/p+1/b10-8-,11-9-,16-14-,17-15-,21-20-,24-23-,34-32-. The Hall–Kier alpha value is -3.53. The first kappa shape index (κ1) is 59.5. The van der Waals surface area contributed by atoms with Crippen LogP contribution in [0.4, 0.5) is 0 Å². The molecule has 0 aromatic carbocycles. The molecule has 0 rings (SSSR count). The Labute approximate surface area is 385 Å². The minimum absolute atomic E-state index is 0.178.